The molecule has 266 valence electrons. The van der Waals surface area contributed by atoms with Crippen LogP contribution in [0, 0.1) is 11.8 Å². The van der Waals surface area contributed by atoms with Crippen LogP contribution in [0.5, 0.6) is 0 Å². The molecule has 1 aliphatic rings. The molecule has 11 heteroatoms. The Bertz CT molecular complexity index is 1420. The number of hydrogen-bond acceptors (Lipinski definition) is 8. The first-order valence-corrected chi connectivity index (χ1v) is 17.0. The highest BCUT2D eigenvalue weighted by Gasteiger charge is 2.21. The fourth-order valence-corrected chi connectivity index (χ4v) is 4.98. The van der Waals surface area contributed by atoms with Gasteiger partial charge in [-0.15, -0.1) is 0 Å². The van der Waals surface area contributed by atoms with E-state index in [1.54, 1.807) is 30.9 Å². The third kappa shape index (κ3) is 14.9. The number of rotatable bonds is 23. The summed E-state index contributed by atoms with van der Waals surface area (Å²) < 4.78 is 22.1. The van der Waals surface area contributed by atoms with Gasteiger partial charge in [0.25, 0.3) is 0 Å². The molecule has 0 saturated heterocycles. The lowest BCUT2D eigenvalue weighted by atomic mass is 10.0. The van der Waals surface area contributed by atoms with Gasteiger partial charge < -0.3 is 33.6 Å². The Labute approximate surface area is 290 Å². The largest absolute Gasteiger partial charge is 0.379 e. The van der Waals surface area contributed by atoms with Gasteiger partial charge >= 0.3 is 0 Å². The molecule has 0 radical (unpaired) electrons. The second-order valence-corrected chi connectivity index (χ2v) is 12.0. The van der Waals surface area contributed by atoms with Crippen LogP contribution in [0.4, 0.5) is 5.69 Å². The molecule has 11 nitrogen and oxygen atoms in total. The topological polar surface area (TPSA) is 115 Å². The van der Waals surface area contributed by atoms with Crippen molar-refractivity contribution in [2.75, 3.05) is 85.4 Å². The van der Waals surface area contributed by atoms with E-state index in [1.807, 2.05) is 48.5 Å². The Kier molecular flexibility index (Phi) is 18.1. The number of fused-ring (bicyclic) bond motifs is 2. The van der Waals surface area contributed by atoms with Crippen molar-refractivity contribution in [1.82, 2.24) is 9.80 Å². The third-order valence-electron chi connectivity index (χ3n) is 7.93. The third-order valence-corrected chi connectivity index (χ3v) is 7.93. The maximum Gasteiger partial charge on any atom is 0.227 e. The molecule has 2 aromatic rings. The van der Waals surface area contributed by atoms with Crippen LogP contribution in [0.15, 0.2) is 48.5 Å². The van der Waals surface area contributed by atoms with E-state index >= 15 is 0 Å². The fourth-order valence-electron chi connectivity index (χ4n) is 4.98. The molecule has 0 aliphatic carbocycles. The van der Waals surface area contributed by atoms with Gasteiger partial charge in [0, 0.05) is 77.5 Å². The van der Waals surface area contributed by atoms with E-state index in [1.165, 1.54) is 4.90 Å². The molecule has 0 bridgehead atoms. The monoisotopic (exact) mass is 677 g/mol. The molecule has 0 fully saturated rings. The smallest absolute Gasteiger partial charge is 0.227 e. The van der Waals surface area contributed by atoms with E-state index in [4.69, 9.17) is 18.9 Å². The zero-order chi connectivity index (χ0) is 35.3. The number of nitrogens with zero attached hydrogens (tertiary/aromatic N) is 3. The lowest BCUT2D eigenvalue weighted by molar-refractivity contribution is -0.131. The molecule has 0 aromatic heterocycles. The van der Waals surface area contributed by atoms with Crippen LogP contribution in [0.3, 0.4) is 0 Å². The predicted octanol–water partition coefficient (Wildman–Crippen LogP) is 3.85. The van der Waals surface area contributed by atoms with Crippen LogP contribution in [-0.2, 0) is 44.7 Å². The zero-order valence-electron chi connectivity index (χ0n) is 29.2. The van der Waals surface area contributed by atoms with Crippen molar-refractivity contribution < 1.29 is 38.1 Å². The predicted molar refractivity (Wildman–Crippen MR) is 187 cm³/mol. The first-order valence-electron chi connectivity index (χ1n) is 17.0. The molecule has 1 heterocycles. The number of carbonyl (C=O) groups is 4. The zero-order valence-corrected chi connectivity index (χ0v) is 29.2. The van der Waals surface area contributed by atoms with E-state index in [0.717, 1.165) is 22.4 Å². The number of benzene rings is 2. The highest BCUT2D eigenvalue weighted by Crippen LogP contribution is 2.26. The summed E-state index contributed by atoms with van der Waals surface area (Å²) in [5, 5.41) is 0. The molecule has 0 atom stereocenters. The molecule has 2 aromatic carbocycles. The molecule has 0 saturated carbocycles. The summed E-state index contributed by atoms with van der Waals surface area (Å²) in [7, 11) is 5.14. The average molecular weight is 678 g/mol. The summed E-state index contributed by atoms with van der Waals surface area (Å²) in [4.78, 5) is 54.4. The first kappa shape index (κ1) is 39.4. The molecule has 1 aliphatic heterocycles. The van der Waals surface area contributed by atoms with Crippen molar-refractivity contribution in [3.63, 3.8) is 0 Å². The Hall–Kier alpha value is -4.08. The first-order chi connectivity index (χ1) is 23.8. The molecule has 3 rings (SSSR count). The van der Waals surface area contributed by atoms with Crippen molar-refractivity contribution in [2.45, 2.75) is 51.5 Å². The summed E-state index contributed by atoms with van der Waals surface area (Å²) >= 11 is 0. The van der Waals surface area contributed by atoms with Gasteiger partial charge in [-0.05, 0) is 36.6 Å². The number of para-hydroxylation sites is 1. The summed E-state index contributed by atoms with van der Waals surface area (Å²) in [6.07, 6.45) is 2.54. The number of likely N-dealkylation sites (N-methyl/N-ethyl adjacent to an activating group) is 1. The highest BCUT2D eigenvalue weighted by molar-refractivity contribution is 5.97. The molecule has 0 unspecified atom stereocenters. The maximum atomic E-state index is 13.3. The van der Waals surface area contributed by atoms with Gasteiger partial charge in [-0.2, -0.15) is 0 Å². The fraction of sp³-hybridized carbons (Fsp3) is 0.526. The Morgan fingerprint density at radius 2 is 1.20 bits per heavy atom. The van der Waals surface area contributed by atoms with Crippen LogP contribution < -0.4 is 4.90 Å². The van der Waals surface area contributed by atoms with E-state index in [9.17, 15) is 19.2 Å². The minimum Gasteiger partial charge on any atom is -0.379 e. The molecule has 0 N–H and O–H groups in total. The number of Topliss-reactive ketones (excluding diaryl/α,β-unsaturated/α-hetero) is 1. The number of hydrogen-bond donors (Lipinski definition) is 0. The minimum absolute atomic E-state index is 0.00110. The van der Waals surface area contributed by atoms with Crippen LogP contribution >= 0.6 is 0 Å². The average Bonchev–Trinajstić information content (AvgIpc) is 3.09. The summed E-state index contributed by atoms with van der Waals surface area (Å²) in [5.74, 6) is 6.38. The van der Waals surface area contributed by atoms with Crippen LogP contribution in [0.2, 0.25) is 0 Å². The van der Waals surface area contributed by atoms with Crippen molar-refractivity contribution >= 4 is 29.2 Å². The Balaban J connectivity index is 1.15. The normalized spacial score (nSPS) is 11.8. The number of amides is 3. The minimum atomic E-state index is -0.0940. The molecule has 0 spiro atoms. The molecule has 49 heavy (non-hydrogen) atoms. The summed E-state index contributed by atoms with van der Waals surface area (Å²) in [6, 6.07) is 15.4. The van der Waals surface area contributed by atoms with Gasteiger partial charge in [-0.3, -0.25) is 19.2 Å². The van der Waals surface area contributed by atoms with E-state index < -0.39 is 0 Å². The number of ether oxygens (including phenoxy) is 4. The van der Waals surface area contributed by atoms with Crippen molar-refractivity contribution in [2.24, 2.45) is 0 Å². The SMILES string of the molecule is CN(C)C(=O)CCCC(=O)N(C)CCOCCOCCOCCOCCCC(=O)CCC(=O)N1Cc2ccccc2C#Cc2ccccc21. The molecule has 3 amide bonds. The second kappa shape index (κ2) is 22.5. The van der Waals surface area contributed by atoms with Gasteiger partial charge in [-0.1, -0.05) is 42.2 Å². The molecular formula is C38H51N3O8. The lowest BCUT2D eigenvalue weighted by Crippen LogP contribution is -2.32. The summed E-state index contributed by atoms with van der Waals surface area (Å²) in [6.45, 7) is 4.33. The van der Waals surface area contributed by atoms with Crippen molar-refractivity contribution in [3.8, 4) is 11.8 Å². The molecular weight excluding hydrogens is 626 g/mol. The number of anilines is 1. The quantitative estimate of drug-likeness (QED) is 0.129. The Morgan fingerprint density at radius 1 is 0.633 bits per heavy atom. The van der Waals surface area contributed by atoms with Crippen molar-refractivity contribution in [3.05, 3.63) is 65.2 Å². The van der Waals surface area contributed by atoms with Crippen molar-refractivity contribution in [1.29, 1.82) is 0 Å². The number of carbonyl (C=O) groups excluding carboxylic acids is 4. The van der Waals surface area contributed by atoms with Gasteiger partial charge in [0.2, 0.25) is 17.7 Å². The second-order valence-electron chi connectivity index (χ2n) is 12.0. The highest BCUT2D eigenvalue weighted by atomic mass is 16.6. The standard InChI is InChI=1S/C38H51N3O8/c1-39(2)36(43)15-8-16-37(44)40(3)21-23-47-25-27-49-29-28-48-26-24-46-22-9-13-34(42)19-20-38(45)41-30-33-12-5-4-10-31(33)17-18-32-11-6-7-14-35(32)41/h4-7,10-12,14H,8-9,13,15-16,19-30H2,1-3H3. The van der Waals surface area contributed by atoms with E-state index in [2.05, 4.69) is 11.8 Å². The van der Waals surface area contributed by atoms with Gasteiger partial charge in [0.05, 0.1) is 58.5 Å². The summed E-state index contributed by atoms with van der Waals surface area (Å²) in [5.41, 5.74) is 3.45. The van der Waals surface area contributed by atoms with E-state index in [-0.39, 0.29) is 36.3 Å². The number of ketones is 1. The van der Waals surface area contributed by atoms with Gasteiger partial charge in [0.1, 0.15) is 5.78 Å². The Morgan fingerprint density at radius 3 is 1.90 bits per heavy atom. The van der Waals surface area contributed by atoms with E-state index in [0.29, 0.717) is 98.0 Å². The van der Waals surface area contributed by atoms with Crippen LogP contribution in [-0.4, -0.2) is 114 Å². The maximum absolute atomic E-state index is 13.3. The van der Waals surface area contributed by atoms with Crippen LogP contribution in [0.25, 0.3) is 0 Å². The van der Waals surface area contributed by atoms with Gasteiger partial charge in [-0.25, -0.2) is 0 Å². The lowest BCUT2D eigenvalue weighted by Gasteiger charge is -2.26. The van der Waals surface area contributed by atoms with Gasteiger partial charge in [0.15, 0.2) is 0 Å². The van der Waals surface area contributed by atoms with Crippen LogP contribution in [0.1, 0.15) is 61.6 Å².